The molecule has 5 nitrogen and oxygen atoms in total. The Labute approximate surface area is 130 Å². The van der Waals surface area contributed by atoms with Crippen molar-refractivity contribution in [1.82, 2.24) is 9.97 Å². The van der Waals surface area contributed by atoms with Gasteiger partial charge < -0.3 is 10.1 Å². The third-order valence-electron chi connectivity index (χ3n) is 3.94. The number of nitrogens with zero attached hydrogens (tertiary/aromatic N) is 2. The summed E-state index contributed by atoms with van der Waals surface area (Å²) < 4.78 is 4.62. The molecule has 1 fully saturated rings. The van der Waals surface area contributed by atoms with E-state index in [-0.39, 0.29) is 11.7 Å². The van der Waals surface area contributed by atoms with Crippen LogP contribution in [-0.4, -0.2) is 34.8 Å². The minimum Gasteiger partial charge on any atom is -0.468 e. The predicted molar refractivity (Wildman–Crippen MR) is 84.4 cm³/mol. The Kier molecular flexibility index (Phi) is 5.85. The lowest BCUT2D eigenvalue weighted by molar-refractivity contribution is -0.137. The first-order valence-corrected chi connectivity index (χ1v) is 8.35. The van der Waals surface area contributed by atoms with E-state index in [4.69, 9.17) is 0 Å². The summed E-state index contributed by atoms with van der Waals surface area (Å²) in [4.78, 5) is 19.9. The lowest BCUT2D eigenvalue weighted by atomic mass is 9.80. The highest BCUT2D eigenvalue weighted by Crippen LogP contribution is 2.30. The van der Waals surface area contributed by atoms with Gasteiger partial charge in [0.05, 0.1) is 25.3 Å². The molecular formula is C15H23N3O2S. The zero-order valence-corrected chi connectivity index (χ0v) is 13.7. The lowest BCUT2D eigenvalue weighted by Crippen LogP contribution is -2.33. The third-order valence-corrected chi connectivity index (χ3v) is 4.82. The number of methoxy groups -OCH3 is 1. The average Bonchev–Trinajstić information content (AvgIpc) is 2.48. The standard InChI is InChI=1S/C15H23N3O2S/c1-10-4-5-12(11(2)6-10)17-13-7-16-8-14(18-13)21-9-15(19)20-3/h7-8,10-12H,4-6,9H2,1-3H3,(H,17,18). The number of hydrogen-bond acceptors (Lipinski definition) is 6. The molecule has 1 aromatic rings. The number of ether oxygens (including phenoxy) is 1. The smallest absolute Gasteiger partial charge is 0.316 e. The second-order valence-corrected chi connectivity index (χ2v) is 6.75. The molecule has 0 spiro atoms. The number of aromatic nitrogens is 2. The normalized spacial score (nSPS) is 25.4. The van der Waals surface area contributed by atoms with Crippen molar-refractivity contribution in [2.45, 2.75) is 44.2 Å². The number of carbonyl (C=O) groups is 1. The van der Waals surface area contributed by atoms with Gasteiger partial charge in [-0.05, 0) is 31.1 Å². The van der Waals surface area contributed by atoms with E-state index in [0.717, 1.165) is 16.8 Å². The van der Waals surface area contributed by atoms with Crippen LogP contribution in [0.15, 0.2) is 17.4 Å². The Hall–Kier alpha value is -1.30. The van der Waals surface area contributed by atoms with Gasteiger partial charge in [-0.2, -0.15) is 0 Å². The highest BCUT2D eigenvalue weighted by atomic mass is 32.2. The van der Waals surface area contributed by atoms with E-state index < -0.39 is 0 Å². The maximum Gasteiger partial charge on any atom is 0.316 e. The van der Waals surface area contributed by atoms with Gasteiger partial charge in [-0.15, -0.1) is 0 Å². The molecule has 0 aromatic carbocycles. The van der Waals surface area contributed by atoms with Crippen molar-refractivity contribution in [3.05, 3.63) is 12.4 Å². The van der Waals surface area contributed by atoms with Gasteiger partial charge in [0.2, 0.25) is 0 Å². The second-order valence-electron chi connectivity index (χ2n) is 5.75. The number of thioether (sulfide) groups is 1. The van der Waals surface area contributed by atoms with Gasteiger partial charge >= 0.3 is 5.97 Å². The van der Waals surface area contributed by atoms with Crippen LogP contribution in [0.1, 0.15) is 33.1 Å². The van der Waals surface area contributed by atoms with Gasteiger partial charge in [0.1, 0.15) is 10.8 Å². The second kappa shape index (κ2) is 7.64. The molecule has 1 aliphatic rings. The molecule has 0 amide bonds. The number of hydrogen-bond donors (Lipinski definition) is 1. The SMILES string of the molecule is COC(=O)CSc1cncc(NC2CCC(C)CC2C)n1. The Bertz CT molecular complexity index is 484. The summed E-state index contributed by atoms with van der Waals surface area (Å²) in [6.45, 7) is 4.60. The highest BCUT2D eigenvalue weighted by Gasteiger charge is 2.25. The van der Waals surface area contributed by atoms with E-state index in [1.165, 1.54) is 38.1 Å². The Morgan fingerprint density at radius 3 is 2.95 bits per heavy atom. The van der Waals surface area contributed by atoms with E-state index in [1.54, 1.807) is 12.4 Å². The summed E-state index contributed by atoms with van der Waals surface area (Å²) in [5.41, 5.74) is 0. The first-order valence-electron chi connectivity index (χ1n) is 7.36. The molecule has 1 saturated carbocycles. The number of anilines is 1. The summed E-state index contributed by atoms with van der Waals surface area (Å²) >= 11 is 1.34. The van der Waals surface area contributed by atoms with Crippen molar-refractivity contribution < 1.29 is 9.53 Å². The number of esters is 1. The van der Waals surface area contributed by atoms with Crippen LogP contribution in [0.2, 0.25) is 0 Å². The fourth-order valence-electron chi connectivity index (χ4n) is 2.75. The van der Waals surface area contributed by atoms with E-state index in [1.807, 2.05) is 0 Å². The molecular weight excluding hydrogens is 286 g/mol. The third kappa shape index (κ3) is 4.88. The fourth-order valence-corrected chi connectivity index (χ4v) is 3.43. The van der Waals surface area contributed by atoms with E-state index in [9.17, 15) is 4.79 Å². The quantitative estimate of drug-likeness (QED) is 0.666. The number of carbonyl (C=O) groups excluding carboxylic acids is 1. The molecule has 0 saturated heterocycles. The summed E-state index contributed by atoms with van der Waals surface area (Å²) in [6.07, 6.45) is 7.09. The van der Waals surface area contributed by atoms with Gasteiger partial charge in [0, 0.05) is 6.04 Å². The zero-order chi connectivity index (χ0) is 15.2. The highest BCUT2D eigenvalue weighted by molar-refractivity contribution is 7.99. The molecule has 3 unspecified atom stereocenters. The van der Waals surface area contributed by atoms with Crippen molar-refractivity contribution >= 4 is 23.5 Å². The fraction of sp³-hybridized carbons (Fsp3) is 0.667. The largest absolute Gasteiger partial charge is 0.468 e. The summed E-state index contributed by atoms with van der Waals surface area (Å²) in [6, 6.07) is 0.455. The van der Waals surface area contributed by atoms with Crippen LogP contribution in [-0.2, 0) is 9.53 Å². The molecule has 0 aliphatic heterocycles. The summed E-state index contributed by atoms with van der Waals surface area (Å²) in [7, 11) is 1.39. The van der Waals surface area contributed by atoms with Crippen molar-refractivity contribution in [3.63, 3.8) is 0 Å². The first kappa shape index (κ1) is 16.1. The first-order chi connectivity index (χ1) is 10.1. The van der Waals surface area contributed by atoms with Crippen molar-refractivity contribution in [3.8, 4) is 0 Å². The minimum absolute atomic E-state index is 0.255. The summed E-state index contributed by atoms with van der Waals surface area (Å²) in [5, 5.41) is 4.23. The molecule has 6 heteroatoms. The average molecular weight is 309 g/mol. The number of nitrogens with one attached hydrogen (secondary N) is 1. The van der Waals surface area contributed by atoms with Gasteiger partial charge in [-0.25, -0.2) is 4.98 Å². The van der Waals surface area contributed by atoms with Gasteiger partial charge in [0.25, 0.3) is 0 Å². The lowest BCUT2D eigenvalue weighted by Gasteiger charge is -2.33. The van der Waals surface area contributed by atoms with Gasteiger partial charge in [-0.3, -0.25) is 9.78 Å². The molecule has 1 heterocycles. The Morgan fingerprint density at radius 2 is 2.24 bits per heavy atom. The summed E-state index contributed by atoms with van der Waals surface area (Å²) in [5.74, 6) is 2.24. The maximum absolute atomic E-state index is 11.2. The Balaban J connectivity index is 1.93. The van der Waals surface area contributed by atoms with E-state index >= 15 is 0 Å². The van der Waals surface area contributed by atoms with E-state index in [0.29, 0.717) is 12.0 Å². The molecule has 21 heavy (non-hydrogen) atoms. The van der Waals surface area contributed by atoms with Crippen LogP contribution < -0.4 is 5.32 Å². The minimum atomic E-state index is -0.255. The topological polar surface area (TPSA) is 64.1 Å². The number of rotatable bonds is 5. The zero-order valence-electron chi connectivity index (χ0n) is 12.8. The van der Waals surface area contributed by atoms with Crippen molar-refractivity contribution in [1.29, 1.82) is 0 Å². The Morgan fingerprint density at radius 1 is 1.43 bits per heavy atom. The molecule has 0 bridgehead atoms. The maximum atomic E-state index is 11.2. The van der Waals surface area contributed by atoms with Crippen LogP contribution >= 0.6 is 11.8 Å². The van der Waals surface area contributed by atoms with Gasteiger partial charge in [-0.1, -0.05) is 25.6 Å². The van der Waals surface area contributed by atoms with Crippen molar-refractivity contribution in [2.75, 3.05) is 18.2 Å². The molecule has 1 N–H and O–H groups in total. The van der Waals surface area contributed by atoms with Crippen molar-refractivity contribution in [2.24, 2.45) is 11.8 Å². The van der Waals surface area contributed by atoms with Crippen LogP contribution in [0.4, 0.5) is 5.82 Å². The van der Waals surface area contributed by atoms with Gasteiger partial charge in [0.15, 0.2) is 0 Å². The van der Waals surface area contributed by atoms with Crippen LogP contribution in [0.25, 0.3) is 0 Å². The molecule has 2 rings (SSSR count). The van der Waals surface area contributed by atoms with Crippen LogP contribution in [0, 0.1) is 11.8 Å². The molecule has 1 aromatic heterocycles. The molecule has 3 atom stereocenters. The van der Waals surface area contributed by atoms with E-state index in [2.05, 4.69) is 33.9 Å². The van der Waals surface area contributed by atoms with Crippen LogP contribution in [0.3, 0.4) is 0 Å². The monoisotopic (exact) mass is 309 g/mol. The predicted octanol–water partition coefficient (Wildman–Crippen LogP) is 2.98. The molecule has 1 aliphatic carbocycles. The van der Waals surface area contributed by atoms with Crippen LogP contribution in [0.5, 0.6) is 0 Å². The molecule has 0 radical (unpaired) electrons. The molecule has 116 valence electrons.